The van der Waals surface area contributed by atoms with Gasteiger partial charge in [0.25, 0.3) is 6.43 Å². The summed E-state index contributed by atoms with van der Waals surface area (Å²) in [5.74, 6) is -0.637. The number of imidazole rings is 1. The van der Waals surface area contributed by atoms with Gasteiger partial charge in [-0.25, -0.2) is 26.9 Å². The van der Waals surface area contributed by atoms with E-state index < -0.39 is 39.0 Å². The Morgan fingerprint density at radius 3 is 2.71 bits per heavy atom. The van der Waals surface area contributed by atoms with Gasteiger partial charge in [-0.15, -0.1) is 10.2 Å². The summed E-state index contributed by atoms with van der Waals surface area (Å²) in [4.78, 5) is 18.0. The second-order valence-electron chi connectivity index (χ2n) is 9.05. The van der Waals surface area contributed by atoms with Crippen LogP contribution in [0.4, 0.5) is 14.5 Å². The van der Waals surface area contributed by atoms with Crippen molar-refractivity contribution in [3.8, 4) is 10.7 Å². The summed E-state index contributed by atoms with van der Waals surface area (Å²) >= 11 is 0.700. The van der Waals surface area contributed by atoms with Gasteiger partial charge in [-0.3, -0.25) is 9.20 Å². The molecule has 1 amide bonds. The van der Waals surface area contributed by atoms with Crippen molar-refractivity contribution in [3.63, 3.8) is 0 Å². The van der Waals surface area contributed by atoms with Crippen molar-refractivity contribution < 1.29 is 26.7 Å². The summed E-state index contributed by atoms with van der Waals surface area (Å²) in [6.45, 7) is 4.05. The Kier molecular flexibility index (Phi) is 5.77. The van der Waals surface area contributed by atoms with Crippen LogP contribution in [0.15, 0.2) is 23.4 Å². The van der Waals surface area contributed by atoms with Gasteiger partial charge in [0.1, 0.15) is 10.6 Å². The number of halogens is 2. The average molecular weight is 528 g/mol. The van der Waals surface area contributed by atoms with Crippen LogP contribution in [0.1, 0.15) is 38.1 Å². The lowest BCUT2D eigenvalue weighted by Gasteiger charge is -2.37. The zero-order valence-electron chi connectivity index (χ0n) is 18.8. The van der Waals surface area contributed by atoms with E-state index >= 15 is 0 Å². The zero-order chi connectivity index (χ0) is 25.1. The van der Waals surface area contributed by atoms with E-state index in [2.05, 4.69) is 19.9 Å². The third-order valence-corrected chi connectivity index (χ3v) is 8.58. The fourth-order valence-corrected chi connectivity index (χ4v) is 6.17. The maximum atomic E-state index is 13.3. The number of carbonyl (C=O) groups is 1. The molecular weight excluding hydrogens is 504 g/mol. The molecule has 1 saturated carbocycles. The first-order valence-electron chi connectivity index (χ1n) is 10.8. The van der Waals surface area contributed by atoms with Crippen LogP contribution < -0.4 is 15.4 Å². The maximum absolute atomic E-state index is 13.3. The molecule has 1 aliphatic heterocycles. The molecular formula is C20H23F2N7O4S2. The minimum Gasteiger partial charge on any atom is -0.367 e. The quantitative estimate of drug-likeness (QED) is 0.472. The summed E-state index contributed by atoms with van der Waals surface area (Å²) < 4.78 is 62.6. The fourth-order valence-electron chi connectivity index (χ4n) is 3.99. The van der Waals surface area contributed by atoms with E-state index in [0.29, 0.717) is 34.9 Å². The molecule has 188 valence electrons. The Hall–Kier alpha value is -2.75. The number of anilines is 1. The number of primary amides is 1. The maximum Gasteiger partial charge on any atom is 0.291 e. The lowest BCUT2D eigenvalue weighted by atomic mass is 10.2. The number of ether oxygens (including phenoxy) is 1. The van der Waals surface area contributed by atoms with Crippen LogP contribution >= 0.6 is 11.3 Å². The number of nitrogens with one attached hydrogen (secondary N) is 1. The van der Waals surface area contributed by atoms with E-state index in [4.69, 9.17) is 10.5 Å². The summed E-state index contributed by atoms with van der Waals surface area (Å²) in [6, 6.07) is 1.49. The van der Waals surface area contributed by atoms with Gasteiger partial charge in [-0.05, 0) is 32.8 Å². The van der Waals surface area contributed by atoms with Crippen molar-refractivity contribution in [2.24, 2.45) is 5.73 Å². The van der Waals surface area contributed by atoms with Gasteiger partial charge < -0.3 is 15.4 Å². The highest BCUT2D eigenvalue weighted by Crippen LogP contribution is 2.38. The van der Waals surface area contributed by atoms with Gasteiger partial charge in [-0.1, -0.05) is 11.3 Å². The summed E-state index contributed by atoms with van der Waals surface area (Å²) in [5.41, 5.74) is 6.07. The molecule has 3 aromatic heterocycles. The van der Waals surface area contributed by atoms with Crippen molar-refractivity contribution in [3.05, 3.63) is 23.5 Å². The predicted molar refractivity (Wildman–Crippen MR) is 123 cm³/mol. The number of rotatable bonds is 7. The number of aromatic nitrogens is 4. The standard InChI is InChI=1S/C20H23F2N7O4S2/c1-10-7-28(9-14(33-10)16(23)30)12-5-11(35(31,32)27-20(2)3-4-20)8-29-13(6-24-17(12)29)18-25-26-19(34-18)15(21)22/h5-6,8,10,14-15,27H,3-4,7,9H2,1-2H3,(H2,23,30)/t10-,14-/m0/s1. The summed E-state index contributed by atoms with van der Waals surface area (Å²) in [6.07, 6.45) is 0.214. The topological polar surface area (TPSA) is 145 Å². The Morgan fingerprint density at radius 2 is 2.09 bits per heavy atom. The SMILES string of the molecule is C[C@H]1CN(c2cc(S(=O)(=O)NC3(C)CC3)cn3c(-c4nnc(C(F)F)s4)cnc23)C[C@@H](C(N)=O)O1. The van der Waals surface area contributed by atoms with Crippen LogP contribution in [0.25, 0.3) is 16.3 Å². The highest BCUT2D eigenvalue weighted by molar-refractivity contribution is 7.89. The normalized spacial score (nSPS) is 22.1. The number of pyridine rings is 1. The largest absolute Gasteiger partial charge is 0.367 e. The number of morpholine rings is 1. The molecule has 0 radical (unpaired) electrons. The monoisotopic (exact) mass is 527 g/mol. The smallest absolute Gasteiger partial charge is 0.291 e. The van der Waals surface area contributed by atoms with Crippen LogP contribution in [-0.4, -0.2) is 64.7 Å². The van der Waals surface area contributed by atoms with E-state index in [1.54, 1.807) is 11.8 Å². The second kappa shape index (κ2) is 8.43. The molecule has 11 nitrogen and oxygen atoms in total. The van der Waals surface area contributed by atoms with Crippen LogP contribution in [-0.2, 0) is 19.6 Å². The number of amides is 1. The lowest BCUT2D eigenvalue weighted by molar-refractivity contribution is -0.133. The molecule has 1 aliphatic carbocycles. The Labute approximate surface area is 203 Å². The third kappa shape index (κ3) is 4.60. The number of carbonyl (C=O) groups excluding carboxylic acids is 1. The Morgan fingerprint density at radius 1 is 1.34 bits per heavy atom. The van der Waals surface area contributed by atoms with Crippen molar-refractivity contribution in [1.82, 2.24) is 24.3 Å². The average Bonchev–Trinajstić information content (AvgIpc) is 3.17. The molecule has 3 aromatic rings. The van der Waals surface area contributed by atoms with Crippen molar-refractivity contribution in [2.75, 3.05) is 18.0 Å². The van der Waals surface area contributed by atoms with Crippen LogP contribution in [0.2, 0.25) is 0 Å². The predicted octanol–water partition coefficient (Wildman–Crippen LogP) is 1.70. The molecule has 2 aliphatic rings. The first-order chi connectivity index (χ1) is 16.5. The van der Waals surface area contributed by atoms with Crippen LogP contribution in [0.5, 0.6) is 0 Å². The highest BCUT2D eigenvalue weighted by Gasteiger charge is 2.42. The highest BCUT2D eigenvalue weighted by atomic mass is 32.2. The van der Waals surface area contributed by atoms with E-state index in [9.17, 15) is 22.0 Å². The number of hydrogen-bond donors (Lipinski definition) is 2. The molecule has 4 heterocycles. The first kappa shape index (κ1) is 24.0. The molecule has 15 heteroatoms. The molecule has 2 fully saturated rings. The number of hydrogen-bond acceptors (Lipinski definition) is 9. The first-order valence-corrected chi connectivity index (χ1v) is 13.1. The molecule has 5 rings (SSSR count). The minimum atomic E-state index is -3.94. The van der Waals surface area contributed by atoms with Crippen LogP contribution in [0, 0.1) is 0 Å². The van der Waals surface area contributed by atoms with Gasteiger partial charge in [0.2, 0.25) is 15.9 Å². The van der Waals surface area contributed by atoms with E-state index in [0.717, 1.165) is 12.8 Å². The van der Waals surface area contributed by atoms with E-state index in [1.165, 1.54) is 22.9 Å². The number of nitrogens with zero attached hydrogens (tertiary/aromatic N) is 5. The molecule has 0 aromatic carbocycles. The number of sulfonamides is 1. The van der Waals surface area contributed by atoms with Crippen molar-refractivity contribution in [2.45, 2.75) is 55.8 Å². The van der Waals surface area contributed by atoms with E-state index in [-0.39, 0.29) is 22.6 Å². The van der Waals surface area contributed by atoms with Gasteiger partial charge >= 0.3 is 0 Å². The Balaban J connectivity index is 1.66. The Bertz CT molecular complexity index is 1400. The molecule has 2 atom stereocenters. The molecule has 0 bridgehead atoms. The van der Waals surface area contributed by atoms with Crippen molar-refractivity contribution in [1.29, 1.82) is 0 Å². The van der Waals surface area contributed by atoms with Crippen LogP contribution in [0.3, 0.4) is 0 Å². The zero-order valence-corrected chi connectivity index (χ0v) is 20.4. The number of fused-ring (bicyclic) bond motifs is 1. The van der Waals surface area contributed by atoms with E-state index in [1.807, 2.05) is 6.92 Å². The minimum absolute atomic E-state index is 0.0410. The van der Waals surface area contributed by atoms with Gasteiger partial charge in [0.05, 0.1) is 24.5 Å². The number of nitrogens with two attached hydrogens (primary N) is 1. The molecule has 1 saturated heterocycles. The van der Waals surface area contributed by atoms with Crippen molar-refractivity contribution >= 4 is 38.6 Å². The second-order valence-corrected chi connectivity index (χ2v) is 11.7. The number of alkyl halides is 2. The molecule has 3 N–H and O–H groups in total. The van der Waals surface area contributed by atoms with Gasteiger partial charge in [-0.2, -0.15) is 0 Å². The molecule has 35 heavy (non-hydrogen) atoms. The molecule has 0 spiro atoms. The summed E-state index contributed by atoms with van der Waals surface area (Å²) in [7, 11) is -3.94. The third-order valence-electron chi connectivity index (χ3n) is 6.02. The molecule has 0 unspecified atom stereocenters. The van der Waals surface area contributed by atoms with Gasteiger partial charge in [0, 0.05) is 18.3 Å². The van der Waals surface area contributed by atoms with Gasteiger partial charge in [0.15, 0.2) is 21.8 Å². The fraction of sp³-hybridized carbons (Fsp3) is 0.500. The lowest BCUT2D eigenvalue weighted by Crippen LogP contribution is -2.51. The summed E-state index contributed by atoms with van der Waals surface area (Å²) in [5, 5.41) is 7.09.